The van der Waals surface area contributed by atoms with Crippen LogP contribution in [-0.2, 0) is 6.18 Å². The maximum absolute atomic E-state index is 13.9. The highest BCUT2D eigenvalue weighted by atomic mass is 19.4. The second-order valence-electron chi connectivity index (χ2n) is 6.25. The van der Waals surface area contributed by atoms with Gasteiger partial charge in [0.25, 0.3) is 0 Å². The lowest BCUT2D eigenvalue weighted by molar-refractivity contribution is -0.137. The molecule has 3 aromatic rings. The lowest BCUT2D eigenvalue weighted by Crippen LogP contribution is -2.30. The molecule has 1 aliphatic rings. The molecule has 144 valence electrons. The molecule has 1 unspecified atom stereocenters. The van der Waals surface area contributed by atoms with Gasteiger partial charge >= 0.3 is 6.18 Å². The van der Waals surface area contributed by atoms with Gasteiger partial charge in [0.15, 0.2) is 5.83 Å². The normalized spacial score (nSPS) is 17.3. The molecule has 9 heteroatoms. The fourth-order valence-electron chi connectivity index (χ4n) is 3.14. The van der Waals surface area contributed by atoms with Crippen molar-refractivity contribution in [3.8, 4) is 0 Å². The van der Waals surface area contributed by atoms with Crippen molar-refractivity contribution >= 4 is 22.9 Å². The zero-order valence-electron chi connectivity index (χ0n) is 14.5. The molecule has 0 saturated carbocycles. The third-order valence-corrected chi connectivity index (χ3v) is 4.39. The molecule has 2 aromatic carbocycles. The van der Waals surface area contributed by atoms with Crippen LogP contribution in [0, 0.1) is 12.7 Å². The van der Waals surface area contributed by atoms with Crippen molar-refractivity contribution in [3.05, 3.63) is 71.7 Å². The molecule has 0 bridgehead atoms. The van der Waals surface area contributed by atoms with Crippen LogP contribution in [-0.4, -0.2) is 15.8 Å². The third kappa shape index (κ3) is 3.12. The van der Waals surface area contributed by atoms with Crippen LogP contribution >= 0.6 is 0 Å². The van der Waals surface area contributed by atoms with Gasteiger partial charge in [0.2, 0.25) is 6.29 Å². The zero-order chi connectivity index (χ0) is 20.1. The van der Waals surface area contributed by atoms with Crippen LogP contribution in [0.25, 0.3) is 11.0 Å². The average molecular weight is 392 g/mol. The van der Waals surface area contributed by atoms with Gasteiger partial charge in [-0.15, -0.1) is 0 Å². The summed E-state index contributed by atoms with van der Waals surface area (Å²) < 4.78 is 67.7. The number of imidazole rings is 1. The number of aryl methyl sites for hydroxylation is 1. The van der Waals surface area contributed by atoms with E-state index in [0.717, 1.165) is 24.5 Å². The molecule has 0 amide bonds. The van der Waals surface area contributed by atoms with Gasteiger partial charge < -0.3 is 4.90 Å². The van der Waals surface area contributed by atoms with E-state index < -0.39 is 29.7 Å². The van der Waals surface area contributed by atoms with Crippen LogP contribution in [0.4, 0.5) is 27.6 Å². The first-order chi connectivity index (χ1) is 13.2. The molecule has 0 fully saturated rings. The van der Waals surface area contributed by atoms with Gasteiger partial charge in [-0.05, 0) is 49.4 Å². The van der Waals surface area contributed by atoms with Crippen LogP contribution in [0.1, 0.15) is 17.7 Å². The van der Waals surface area contributed by atoms with Gasteiger partial charge in [-0.1, -0.05) is 0 Å². The molecule has 1 aliphatic heterocycles. The van der Waals surface area contributed by atoms with Gasteiger partial charge in [0.1, 0.15) is 11.6 Å². The van der Waals surface area contributed by atoms with Crippen molar-refractivity contribution < 1.29 is 22.0 Å². The molecule has 0 radical (unpaired) electrons. The van der Waals surface area contributed by atoms with E-state index in [1.54, 1.807) is 11.5 Å². The van der Waals surface area contributed by atoms with E-state index in [1.165, 1.54) is 35.2 Å². The van der Waals surface area contributed by atoms with Crippen molar-refractivity contribution in [1.82, 2.24) is 9.55 Å². The highest BCUT2D eigenvalue weighted by Gasteiger charge is 2.31. The number of rotatable bonds is 2. The van der Waals surface area contributed by atoms with Gasteiger partial charge in [-0.3, -0.25) is 4.57 Å². The number of benzene rings is 2. The molecule has 4 nitrogen and oxygen atoms in total. The number of nitrogens with zero attached hydrogens (tertiary/aromatic N) is 4. The van der Waals surface area contributed by atoms with Crippen molar-refractivity contribution in [1.29, 1.82) is 0 Å². The Kier molecular flexibility index (Phi) is 4.17. The highest BCUT2D eigenvalue weighted by Crippen LogP contribution is 2.35. The number of aromatic nitrogens is 2. The Morgan fingerprint density at radius 2 is 1.71 bits per heavy atom. The maximum Gasteiger partial charge on any atom is 0.416 e. The molecule has 28 heavy (non-hydrogen) atoms. The van der Waals surface area contributed by atoms with Crippen LogP contribution in [0.5, 0.6) is 0 Å². The zero-order valence-corrected chi connectivity index (χ0v) is 14.5. The summed E-state index contributed by atoms with van der Waals surface area (Å²) in [5.41, 5.74) is 0.440. The summed E-state index contributed by atoms with van der Waals surface area (Å²) in [5.74, 6) is -0.643. The minimum absolute atomic E-state index is 0.294. The number of alkyl halides is 3. The van der Waals surface area contributed by atoms with Crippen molar-refractivity contribution in [2.45, 2.75) is 19.4 Å². The largest absolute Gasteiger partial charge is 0.416 e. The topological polar surface area (TPSA) is 33.4 Å². The SMILES string of the molecule is Cc1nc2ccc(F)cc2n1C1N=CC(F)=CN1c1ccc(C(F)(F)F)cc1. The summed E-state index contributed by atoms with van der Waals surface area (Å²) in [6.07, 6.45) is -3.21. The van der Waals surface area contributed by atoms with E-state index >= 15 is 0 Å². The summed E-state index contributed by atoms with van der Waals surface area (Å²) in [5, 5.41) is 0. The van der Waals surface area contributed by atoms with Crippen molar-refractivity contribution in [2.24, 2.45) is 4.99 Å². The Hall–Kier alpha value is -3.23. The molecule has 1 aromatic heterocycles. The molecule has 0 spiro atoms. The van der Waals surface area contributed by atoms with E-state index in [2.05, 4.69) is 9.98 Å². The summed E-state index contributed by atoms with van der Waals surface area (Å²) in [7, 11) is 0. The second-order valence-corrected chi connectivity index (χ2v) is 6.25. The summed E-state index contributed by atoms with van der Waals surface area (Å²) >= 11 is 0. The van der Waals surface area contributed by atoms with Crippen LogP contribution < -0.4 is 4.90 Å². The van der Waals surface area contributed by atoms with Crippen LogP contribution in [0.15, 0.2) is 59.5 Å². The predicted molar refractivity (Wildman–Crippen MR) is 95.1 cm³/mol. The Morgan fingerprint density at radius 1 is 1.00 bits per heavy atom. The smallest absolute Gasteiger partial charge is 0.305 e. The van der Waals surface area contributed by atoms with Crippen LogP contribution in [0.2, 0.25) is 0 Å². The molecular weight excluding hydrogens is 379 g/mol. The molecule has 2 heterocycles. The van der Waals surface area contributed by atoms with Crippen molar-refractivity contribution in [2.75, 3.05) is 4.90 Å². The molecule has 4 rings (SSSR count). The van der Waals surface area contributed by atoms with Gasteiger partial charge in [0.05, 0.1) is 22.8 Å². The fourth-order valence-corrected chi connectivity index (χ4v) is 3.14. The predicted octanol–water partition coefficient (Wildman–Crippen LogP) is 5.36. The van der Waals surface area contributed by atoms with Crippen LogP contribution in [0.3, 0.4) is 0 Å². The number of hydrogen-bond acceptors (Lipinski definition) is 3. The third-order valence-electron chi connectivity index (χ3n) is 4.39. The molecule has 0 N–H and O–H groups in total. The van der Waals surface area contributed by atoms with Gasteiger partial charge in [-0.25, -0.2) is 18.8 Å². The first kappa shape index (κ1) is 18.1. The number of fused-ring (bicyclic) bond motifs is 1. The summed E-state index contributed by atoms with van der Waals surface area (Å²) in [4.78, 5) is 9.88. The van der Waals surface area contributed by atoms with E-state index in [1.807, 2.05) is 0 Å². The highest BCUT2D eigenvalue weighted by molar-refractivity contribution is 5.80. The number of hydrogen-bond donors (Lipinski definition) is 0. The van der Waals surface area contributed by atoms with E-state index in [4.69, 9.17) is 0 Å². The lowest BCUT2D eigenvalue weighted by atomic mass is 10.2. The Labute approximate surface area is 156 Å². The minimum Gasteiger partial charge on any atom is -0.305 e. The number of allylic oxidation sites excluding steroid dienone is 1. The van der Waals surface area contributed by atoms with Gasteiger partial charge in [0, 0.05) is 11.9 Å². The first-order valence-corrected chi connectivity index (χ1v) is 8.24. The lowest BCUT2D eigenvalue weighted by Gasteiger charge is -2.31. The Balaban J connectivity index is 1.82. The maximum atomic E-state index is 13.9. The van der Waals surface area contributed by atoms with Gasteiger partial charge in [-0.2, -0.15) is 13.2 Å². The fraction of sp³-hybridized carbons (Fsp3) is 0.158. The first-order valence-electron chi connectivity index (χ1n) is 8.24. The van der Waals surface area contributed by atoms with E-state index in [9.17, 15) is 22.0 Å². The minimum atomic E-state index is -4.48. The number of aliphatic imine (C=N–C) groups is 1. The monoisotopic (exact) mass is 392 g/mol. The van der Waals surface area contributed by atoms with E-state index in [-0.39, 0.29) is 0 Å². The van der Waals surface area contributed by atoms with E-state index in [0.29, 0.717) is 22.5 Å². The molecular formula is C19H13F5N4. The number of halogens is 5. The molecule has 1 atom stereocenters. The summed E-state index contributed by atoms with van der Waals surface area (Å²) in [6.45, 7) is 1.69. The van der Waals surface area contributed by atoms with Crippen molar-refractivity contribution in [3.63, 3.8) is 0 Å². The molecule has 0 aliphatic carbocycles. The molecule has 0 saturated heterocycles. The average Bonchev–Trinajstić information content (AvgIpc) is 2.96. The standard InChI is InChI=1S/C19H13F5N4/c1-11-26-16-7-4-13(20)8-17(16)28(11)18-25-9-14(21)10-27(18)15-5-2-12(3-6-15)19(22,23)24/h2-10,18H,1H3. The summed E-state index contributed by atoms with van der Waals surface area (Å²) in [6, 6.07) is 8.36. The number of anilines is 1. The second kappa shape index (κ2) is 6.43. The quantitative estimate of drug-likeness (QED) is 0.550. The Morgan fingerprint density at radius 3 is 2.39 bits per heavy atom. The Bertz CT molecular complexity index is 1100.